The Hall–Kier alpha value is -1.31. The summed E-state index contributed by atoms with van der Waals surface area (Å²) in [7, 11) is 0. The molecule has 1 unspecified atom stereocenters. The van der Waals surface area contributed by atoms with E-state index >= 15 is 0 Å². The first-order chi connectivity index (χ1) is 10.5. The minimum Gasteiger partial charge on any atom is -0.455 e. The van der Waals surface area contributed by atoms with Crippen molar-refractivity contribution in [1.82, 2.24) is 0 Å². The summed E-state index contributed by atoms with van der Waals surface area (Å²) < 4.78 is 6.01. The molecule has 0 N–H and O–H groups in total. The van der Waals surface area contributed by atoms with Gasteiger partial charge in [0.1, 0.15) is 5.60 Å². The fourth-order valence-electron chi connectivity index (χ4n) is 3.37. The van der Waals surface area contributed by atoms with Crippen molar-refractivity contribution in [2.45, 2.75) is 77.7 Å². The smallest absolute Gasteiger partial charge is 0.338 e. The van der Waals surface area contributed by atoms with E-state index in [4.69, 9.17) is 4.74 Å². The van der Waals surface area contributed by atoms with Gasteiger partial charge in [-0.2, -0.15) is 0 Å². The van der Waals surface area contributed by atoms with Crippen LogP contribution in [0.15, 0.2) is 24.3 Å². The fraction of sp³-hybridized carbons (Fsp3) is 0.650. The third-order valence-corrected chi connectivity index (χ3v) is 5.38. The number of esters is 1. The summed E-state index contributed by atoms with van der Waals surface area (Å²) in [6, 6.07) is 7.96. The highest BCUT2D eigenvalue weighted by atomic mass is 16.6. The molecule has 1 aliphatic rings. The van der Waals surface area contributed by atoms with E-state index in [0.29, 0.717) is 17.4 Å². The summed E-state index contributed by atoms with van der Waals surface area (Å²) in [5, 5.41) is 0. The third-order valence-electron chi connectivity index (χ3n) is 5.38. The first-order valence-electron chi connectivity index (χ1n) is 8.82. The molecule has 0 aliphatic heterocycles. The zero-order chi connectivity index (χ0) is 16.2. The average molecular weight is 302 g/mol. The lowest BCUT2D eigenvalue weighted by Gasteiger charge is -2.40. The highest BCUT2D eigenvalue weighted by Crippen LogP contribution is 2.38. The number of ether oxygens (including phenoxy) is 1. The number of benzene rings is 1. The summed E-state index contributed by atoms with van der Waals surface area (Å²) in [5.74, 6) is 0.743. The zero-order valence-corrected chi connectivity index (χ0v) is 14.5. The summed E-state index contributed by atoms with van der Waals surface area (Å²) in [6.45, 7) is 8.74. The Morgan fingerprint density at radius 2 is 1.68 bits per heavy atom. The van der Waals surface area contributed by atoms with Crippen LogP contribution in [-0.4, -0.2) is 11.6 Å². The van der Waals surface area contributed by atoms with Crippen molar-refractivity contribution in [2.24, 2.45) is 5.92 Å². The molecule has 1 aromatic carbocycles. The molecular weight excluding hydrogens is 272 g/mol. The lowest BCUT2D eigenvalue weighted by molar-refractivity contribution is -0.0644. The maximum absolute atomic E-state index is 12.6. The predicted molar refractivity (Wildman–Crippen MR) is 91.2 cm³/mol. The summed E-state index contributed by atoms with van der Waals surface area (Å²) in [4.78, 5) is 12.6. The van der Waals surface area contributed by atoms with Crippen LogP contribution in [0.25, 0.3) is 0 Å². The van der Waals surface area contributed by atoms with Crippen LogP contribution in [0.5, 0.6) is 0 Å². The molecule has 0 bridgehead atoms. The second kappa shape index (κ2) is 7.30. The number of carbonyl (C=O) groups excluding carboxylic acids is 1. The average Bonchev–Trinajstić information content (AvgIpc) is 2.55. The van der Waals surface area contributed by atoms with Crippen molar-refractivity contribution in [1.29, 1.82) is 0 Å². The van der Waals surface area contributed by atoms with Gasteiger partial charge in [-0.25, -0.2) is 4.79 Å². The summed E-state index contributed by atoms with van der Waals surface area (Å²) >= 11 is 0. The van der Waals surface area contributed by atoms with E-state index in [2.05, 4.69) is 39.8 Å². The van der Waals surface area contributed by atoms with Crippen LogP contribution in [-0.2, 0) is 4.74 Å². The van der Waals surface area contributed by atoms with Gasteiger partial charge in [0.05, 0.1) is 5.56 Å². The van der Waals surface area contributed by atoms with E-state index in [9.17, 15) is 4.79 Å². The number of carbonyl (C=O) groups is 1. The molecule has 0 amide bonds. The Balaban J connectivity index is 2.10. The first kappa shape index (κ1) is 17.1. The third kappa shape index (κ3) is 3.71. The van der Waals surface area contributed by atoms with Gasteiger partial charge in [-0.15, -0.1) is 0 Å². The second-order valence-corrected chi connectivity index (χ2v) is 7.10. The lowest BCUT2D eigenvalue weighted by atomic mass is 9.77. The van der Waals surface area contributed by atoms with Gasteiger partial charge in [0.2, 0.25) is 0 Å². The Bertz CT molecular complexity index is 481. The largest absolute Gasteiger partial charge is 0.455 e. The fourth-order valence-corrected chi connectivity index (χ4v) is 3.37. The normalized spacial score (nSPS) is 19.0. The molecular formula is C20H30O2. The number of hydrogen-bond donors (Lipinski definition) is 0. The van der Waals surface area contributed by atoms with E-state index in [1.165, 1.54) is 24.8 Å². The molecule has 2 nitrogen and oxygen atoms in total. The van der Waals surface area contributed by atoms with Gasteiger partial charge in [0.25, 0.3) is 0 Å². The van der Waals surface area contributed by atoms with Crippen LogP contribution >= 0.6 is 0 Å². The molecule has 0 saturated heterocycles. The molecule has 1 saturated carbocycles. The van der Waals surface area contributed by atoms with E-state index in [0.717, 1.165) is 19.3 Å². The van der Waals surface area contributed by atoms with Crippen molar-refractivity contribution in [2.75, 3.05) is 0 Å². The van der Waals surface area contributed by atoms with Gasteiger partial charge < -0.3 is 4.74 Å². The van der Waals surface area contributed by atoms with Crippen LogP contribution in [0.1, 0.15) is 88.1 Å². The van der Waals surface area contributed by atoms with Gasteiger partial charge in [0, 0.05) is 0 Å². The highest BCUT2D eigenvalue weighted by molar-refractivity contribution is 5.89. The SMILES string of the molecule is CCC(C)c1ccc(C(=O)OC2(C(C)C)CCCCC2)cc1. The van der Waals surface area contributed by atoms with Crippen LogP contribution < -0.4 is 0 Å². The minimum atomic E-state index is -0.259. The Morgan fingerprint density at radius 1 is 1.09 bits per heavy atom. The van der Waals surface area contributed by atoms with Gasteiger partial charge in [-0.05, 0) is 61.6 Å². The van der Waals surface area contributed by atoms with Crippen molar-refractivity contribution >= 4 is 5.97 Å². The monoisotopic (exact) mass is 302 g/mol. The van der Waals surface area contributed by atoms with Gasteiger partial charge >= 0.3 is 5.97 Å². The highest BCUT2D eigenvalue weighted by Gasteiger charge is 2.39. The van der Waals surface area contributed by atoms with Crippen LogP contribution in [0, 0.1) is 5.92 Å². The van der Waals surface area contributed by atoms with Gasteiger partial charge in [-0.3, -0.25) is 0 Å². The topological polar surface area (TPSA) is 26.3 Å². The molecule has 22 heavy (non-hydrogen) atoms. The predicted octanol–water partition coefficient (Wildman–Crippen LogP) is 5.72. The zero-order valence-electron chi connectivity index (χ0n) is 14.5. The number of rotatable bonds is 5. The number of hydrogen-bond acceptors (Lipinski definition) is 2. The molecule has 1 aromatic rings. The van der Waals surface area contributed by atoms with Gasteiger partial charge in [0.15, 0.2) is 0 Å². The van der Waals surface area contributed by atoms with E-state index in [-0.39, 0.29) is 11.6 Å². The molecule has 0 spiro atoms. The van der Waals surface area contributed by atoms with Crippen molar-refractivity contribution in [3.8, 4) is 0 Å². The van der Waals surface area contributed by atoms with E-state index in [1.807, 2.05) is 12.1 Å². The molecule has 0 radical (unpaired) electrons. The molecule has 2 rings (SSSR count). The maximum Gasteiger partial charge on any atom is 0.338 e. The summed E-state index contributed by atoms with van der Waals surface area (Å²) in [5.41, 5.74) is 1.71. The van der Waals surface area contributed by atoms with E-state index in [1.54, 1.807) is 0 Å². The minimum absolute atomic E-state index is 0.161. The van der Waals surface area contributed by atoms with Crippen LogP contribution in [0.2, 0.25) is 0 Å². The molecule has 0 heterocycles. The molecule has 2 heteroatoms. The standard InChI is InChI=1S/C20H30O2/c1-5-16(4)17-9-11-18(12-10-17)19(21)22-20(15(2)3)13-7-6-8-14-20/h9-12,15-16H,5-8,13-14H2,1-4H3. The lowest BCUT2D eigenvalue weighted by Crippen LogP contribution is -2.42. The Kier molecular flexibility index (Phi) is 5.66. The molecule has 122 valence electrons. The second-order valence-electron chi connectivity index (χ2n) is 7.10. The summed E-state index contributed by atoms with van der Waals surface area (Å²) in [6.07, 6.45) is 6.70. The van der Waals surface area contributed by atoms with Crippen LogP contribution in [0.3, 0.4) is 0 Å². The molecule has 0 aromatic heterocycles. The quantitative estimate of drug-likeness (QED) is 0.651. The van der Waals surface area contributed by atoms with Crippen molar-refractivity contribution < 1.29 is 9.53 Å². The Morgan fingerprint density at radius 3 is 2.18 bits per heavy atom. The Labute approximate surface area is 135 Å². The maximum atomic E-state index is 12.6. The van der Waals surface area contributed by atoms with Gasteiger partial charge in [-0.1, -0.05) is 46.2 Å². The van der Waals surface area contributed by atoms with Crippen molar-refractivity contribution in [3.63, 3.8) is 0 Å². The molecule has 1 fully saturated rings. The molecule has 1 aliphatic carbocycles. The first-order valence-corrected chi connectivity index (χ1v) is 8.82. The van der Waals surface area contributed by atoms with Crippen LogP contribution in [0.4, 0.5) is 0 Å². The van der Waals surface area contributed by atoms with E-state index < -0.39 is 0 Å². The molecule has 1 atom stereocenters. The van der Waals surface area contributed by atoms with Crippen molar-refractivity contribution in [3.05, 3.63) is 35.4 Å².